The molecule has 0 unspecified atom stereocenters. The van der Waals surface area contributed by atoms with Gasteiger partial charge in [0.05, 0.1) is 0 Å². The van der Waals surface area contributed by atoms with Crippen LogP contribution in [0.25, 0.3) is 10.9 Å². The summed E-state index contributed by atoms with van der Waals surface area (Å²) in [5, 5.41) is 13.6. The molecule has 3 N–H and O–H groups in total. The molecule has 1 aliphatic rings. The highest BCUT2D eigenvalue weighted by Crippen LogP contribution is 2.53. The standard InChI is InChI=1S/C20H26N2O3/c1-12(23)17-8-14(20(17,2)3)9-19(25)21-7-6-13-11-22-18-5-4-15(24)10-16(13)18/h4-5,10-11,14,17,22,24H,6-9H2,1-3H3,(H,21,25)/t14-,17+/m1/s1. The Balaban J connectivity index is 1.50. The molecule has 0 spiro atoms. The molecule has 1 aliphatic carbocycles. The molecule has 1 fully saturated rings. The molecule has 1 saturated carbocycles. The fourth-order valence-electron chi connectivity index (χ4n) is 4.06. The summed E-state index contributed by atoms with van der Waals surface area (Å²) in [5.41, 5.74) is 1.97. The van der Waals surface area contributed by atoms with Gasteiger partial charge < -0.3 is 15.4 Å². The topological polar surface area (TPSA) is 82.2 Å². The molecule has 134 valence electrons. The molecule has 1 amide bonds. The number of hydrogen-bond donors (Lipinski definition) is 3. The summed E-state index contributed by atoms with van der Waals surface area (Å²) in [6.07, 6.45) is 3.92. The average Bonchev–Trinajstić information content (AvgIpc) is 2.93. The van der Waals surface area contributed by atoms with Crippen molar-refractivity contribution in [3.05, 3.63) is 30.0 Å². The molecule has 0 radical (unpaired) electrons. The molecule has 0 aliphatic heterocycles. The lowest BCUT2D eigenvalue weighted by Gasteiger charge is -2.51. The summed E-state index contributed by atoms with van der Waals surface area (Å²) < 4.78 is 0. The summed E-state index contributed by atoms with van der Waals surface area (Å²) in [7, 11) is 0. The first-order chi connectivity index (χ1) is 11.8. The highest BCUT2D eigenvalue weighted by atomic mass is 16.3. The van der Waals surface area contributed by atoms with Crippen LogP contribution in [0.15, 0.2) is 24.4 Å². The Morgan fingerprint density at radius 3 is 2.80 bits per heavy atom. The highest BCUT2D eigenvalue weighted by molar-refractivity contribution is 5.85. The van der Waals surface area contributed by atoms with Crippen molar-refractivity contribution in [2.45, 2.75) is 40.0 Å². The highest BCUT2D eigenvalue weighted by Gasteiger charge is 2.50. The zero-order chi connectivity index (χ0) is 18.2. The number of benzene rings is 1. The number of Topliss-reactive ketones (excluding diaryl/α,β-unsaturated/α-hetero) is 1. The van der Waals surface area contributed by atoms with Crippen molar-refractivity contribution in [2.75, 3.05) is 6.54 Å². The molecule has 1 aromatic heterocycles. The predicted octanol–water partition coefficient (Wildman–Crippen LogP) is 3.17. The second-order valence-electron chi connectivity index (χ2n) is 7.77. The minimum Gasteiger partial charge on any atom is -0.508 e. The van der Waals surface area contributed by atoms with E-state index < -0.39 is 0 Å². The fraction of sp³-hybridized carbons (Fsp3) is 0.500. The van der Waals surface area contributed by atoms with Crippen LogP contribution in [-0.4, -0.2) is 28.3 Å². The molecule has 3 rings (SSSR count). The molecule has 0 saturated heterocycles. The van der Waals surface area contributed by atoms with Crippen LogP contribution < -0.4 is 5.32 Å². The molecule has 5 nitrogen and oxygen atoms in total. The number of carbonyl (C=O) groups is 2. The Kier molecular flexibility index (Phi) is 4.58. The Bertz CT molecular complexity index is 806. The number of rotatable bonds is 6. The van der Waals surface area contributed by atoms with Gasteiger partial charge in [-0.05, 0) is 54.9 Å². The van der Waals surface area contributed by atoms with E-state index in [0.717, 1.165) is 22.9 Å². The second-order valence-corrected chi connectivity index (χ2v) is 7.77. The molecule has 2 aromatic rings. The molecular formula is C20H26N2O3. The van der Waals surface area contributed by atoms with Crippen LogP contribution in [0.1, 0.15) is 39.2 Å². The maximum Gasteiger partial charge on any atom is 0.220 e. The lowest BCUT2D eigenvalue weighted by molar-refractivity contribution is -0.141. The number of aromatic nitrogens is 1. The molecule has 1 aromatic carbocycles. The van der Waals surface area contributed by atoms with Gasteiger partial charge in [-0.3, -0.25) is 9.59 Å². The molecule has 25 heavy (non-hydrogen) atoms. The van der Waals surface area contributed by atoms with Crippen LogP contribution >= 0.6 is 0 Å². The maximum atomic E-state index is 12.2. The van der Waals surface area contributed by atoms with Gasteiger partial charge in [-0.15, -0.1) is 0 Å². The van der Waals surface area contributed by atoms with E-state index >= 15 is 0 Å². The van der Waals surface area contributed by atoms with Gasteiger partial charge in [-0.2, -0.15) is 0 Å². The minimum atomic E-state index is -0.0858. The summed E-state index contributed by atoms with van der Waals surface area (Å²) in [6.45, 7) is 6.37. The molecule has 1 heterocycles. The second kappa shape index (κ2) is 6.54. The number of fused-ring (bicyclic) bond motifs is 1. The van der Waals surface area contributed by atoms with Gasteiger partial charge in [0.25, 0.3) is 0 Å². The van der Waals surface area contributed by atoms with Crippen molar-refractivity contribution in [3.8, 4) is 5.75 Å². The first kappa shape index (κ1) is 17.5. The number of ketones is 1. The molecular weight excluding hydrogens is 316 g/mol. The van der Waals surface area contributed by atoms with Crippen molar-refractivity contribution in [2.24, 2.45) is 17.3 Å². The van der Waals surface area contributed by atoms with E-state index in [9.17, 15) is 14.7 Å². The minimum absolute atomic E-state index is 0.0442. The number of hydrogen-bond acceptors (Lipinski definition) is 3. The van der Waals surface area contributed by atoms with Gasteiger partial charge in [0.2, 0.25) is 5.91 Å². The summed E-state index contributed by atoms with van der Waals surface area (Å²) in [4.78, 5) is 27.0. The lowest BCUT2D eigenvalue weighted by atomic mass is 9.52. The number of aromatic amines is 1. The van der Waals surface area contributed by atoms with Gasteiger partial charge in [0.1, 0.15) is 11.5 Å². The van der Waals surface area contributed by atoms with Crippen LogP contribution in [0.3, 0.4) is 0 Å². The van der Waals surface area contributed by atoms with Crippen LogP contribution in [0.4, 0.5) is 0 Å². The number of phenols is 1. The monoisotopic (exact) mass is 342 g/mol. The average molecular weight is 342 g/mol. The van der Waals surface area contributed by atoms with Crippen molar-refractivity contribution < 1.29 is 14.7 Å². The first-order valence-electron chi connectivity index (χ1n) is 8.85. The van der Waals surface area contributed by atoms with E-state index in [1.165, 1.54) is 0 Å². The van der Waals surface area contributed by atoms with E-state index in [1.54, 1.807) is 19.1 Å². The smallest absolute Gasteiger partial charge is 0.220 e. The van der Waals surface area contributed by atoms with E-state index in [0.29, 0.717) is 19.4 Å². The van der Waals surface area contributed by atoms with Crippen LogP contribution in [-0.2, 0) is 16.0 Å². The van der Waals surface area contributed by atoms with Crippen LogP contribution in [0.5, 0.6) is 5.75 Å². The number of phenolic OH excluding ortho intramolecular Hbond substituents is 1. The zero-order valence-electron chi connectivity index (χ0n) is 15.1. The normalized spacial score (nSPS) is 21.7. The lowest BCUT2D eigenvalue weighted by Crippen LogP contribution is -2.49. The third kappa shape index (κ3) is 3.41. The number of aromatic hydroxyl groups is 1. The third-order valence-electron chi connectivity index (χ3n) is 5.86. The predicted molar refractivity (Wildman–Crippen MR) is 97.4 cm³/mol. The first-order valence-corrected chi connectivity index (χ1v) is 8.85. The Labute approximate surface area is 147 Å². The quantitative estimate of drug-likeness (QED) is 0.754. The van der Waals surface area contributed by atoms with Crippen molar-refractivity contribution in [1.29, 1.82) is 0 Å². The van der Waals surface area contributed by atoms with Crippen LogP contribution in [0, 0.1) is 17.3 Å². The van der Waals surface area contributed by atoms with E-state index in [2.05, 4.69) is 24.1 Å². The SMILES string of the molecule is CC(=O)[C@@H]1C[C@H](CC(=O)NCCc2c[nH]c3ccc(O)cc23)C1(C)C. The molecule has 5 heteroatoms. The number of carbonyl (C=O) groups excluding carboxylic acids is 2. The van der Waals surface area contributed by atoms with Gasteiger partial charge in [0, 0.05) is 36.0 Å². The van der Waals surface area contributed by atoms with Crippen LogP contribution in [0.2, 0.25) is 0 Å². The van der Waals surface area contributed by atoms with Gasteiger partial charge in [-0.25, -0.2) is 0 Å². The van der Waals surface area contributed by atoms with E-state index in [4.69, 9.17) is 0 Å². The molecule has 2 atom stereocenters. The number of H-pyrrole nitrogens is 1. The third-order valence-corrected chi connectivity index (χ3v) is 5.86. The summed E-state index contributed by atoms with van der Waals surface area (Å²) >= 11 is 0. The Hall–Kier alpha value is -2.30. The summed E-state index contributed by atoms with van der Waals surface area (Å²) in [6, 6.07) is 5.23. The van der Waals surface area contributed by atoms with Gasteiger partial charge >= 0.3 is 0 Å². The number of amides is 1. The fourth-order valence-corrected chi connectivity index (χ4v) is 4.06. The maximum absolute atomic E-state index is 12.2. The van der Waals surface area contributed by atoms with E-state index in [-0.39, 0.29) is 34.7 Å². The van der Waals surface area contributed by atoms with Crippen molar-refractivity contribution >= 4 is 22.6 Å². The zero-order valence-corrected chi connectivity index (χ0v) is 15.1. The van der Waals surface area contributed by atoms with Crippen molar-refractivity contribution in [3.63, 3.8) is 0 Å². The van der Waals surface area contributed by atoms with Gasteiger partial charge in [-0.1, -0.05) is 13.8 Å². The Morgan fingerprint density at radius 2 is 2.12 bits per heavy atom. The summed E-state index contributed by atoms with van der Waals surface area (Å²) in [5.74, 6) is 0.868. The largest absolute Gasteiger partial charge is 0.508 e. The Morgan fingerprint density at radius 1 is 1.36 bits per heavy atom. The van der Waals surface area contributed by atoms with E-state index in [1.807, 2.05) is 12.3 Å². The number of nitrogens with one attached hydrogen (secondary N) is 2. The van der Waals surface area contributed by atoms with Crippen molar-refractivity contribution in [1.82, 2.24) is 10.3 Å². The van der Waals surface area contributed by atoms with Gasteiger partial charge in [0.15, 0.2) is 0 Å². The molecule has 0 bridgehead atoms.